The number of ether oxygens (including phenoxy) is 1. The van der Waals surface area contributed by atoms with Gasteiger partial charge in [0, 0.05) is 47.2 Å². The Morgan fingerprint density at radius 1 is 1.12 bits per heavy atom. The summed E-state index contributed by atoms with van der Waals surface area (Å²) in [6, 6.07) is 16.5. The quantitative estimate of drug-likeness (QED) is 0.495. The lowest BCUT2D eigenvalue weighted by atomic mass is 10.1. The van der Waals surface area contributed by atoms with E-state index in [0.717, 1.165) is 72.2 Å². The summed E-state index contributed by atoms with van der Waals surface area (Å²) in [6.45, 7) is 5.00. The minimum atomic E-state index is 0.701. The Morgan fingerprint density at radius 3 is 2.75 bits per heavy atom. The number of hydrogen-bond acceptors (Lipinski definition) is 6. The van der Waals surface area contributed by atoms with Crippen LogP contribution in [0.3, 0.4) is 0 Å². The van der Waals surface area contributed by atoms with Crippen LogP contribution in [0.25, 0.3) is 27.3 Å². The van der Waals surface area contributed by atoms with E-state index in [9.17, 15) is 5.26 Å². The number of hydrogen-bond donors (Lipinski definition) is 1. The van der Waals surface area contributed by atoms with Crippen molar-refractivity contribution < 1.29 is 4.74 Å². The molecule has 4 aromatic rings. The summed E-state index contributed by atoms with van der Waals surface area (Å²) in [6.07, 6.45) is 3.31. The van der Waals surface area contributed by atoms with E-state index in [4.69, 9.17) is 9.72 Å². The Labute approximate surface area is 191 Å². The lowest BCUT2D eigenvalue weighted by Gasteiger charge is -2.20. The number of aromatic nitrogens is 2. The van der Waals surface area contributed by atoms with Crippen LogP contribution in [0.15, 0.2) is 54.0 Å². The van der Waals surface area contributed by atoms with Gasteiger partial charge in [-0.15, -0.1) is 11.3 Å². The first-order valence-electron chi connectivity index (χ1n) is 10.8. The molecule has 6 nitrogen and oxygen atoms in total. The molecule has 162 valence electrons. The molecule has 1 aliphatic heterocycles. The van der Waals surface area contributed by atoms with Crippen molar-refractivity contribution in [1.82, 2.24) is 19.6 Å². The zero-order valence-corrected chi connectivity index (χ0v) is 18.9. The average molecular weight is 444 g/mol. The molecule has 0 unspecified atom stereocenters. The SMILES string of the molecule is COc1ccc(-c2nc3ccc(-c4cc(C#N)cs4)cn3c2CN2CCCNCC2)cc1. The van der Waals surface area contributed by atoms with Gasteiger partial charge in [-0.05, 0) is 62.0 Å². The molecule has 0 saturated carbocycles. The molecule has 0 bridgehead atoms. The van der Waals surface area contributed by atoms with Crippen molar-refractivity contribution in [2.24, 2.45) is 0 Å². The van der Waals surface area contributed by atoms with E-state index >= 15 is 0 Å². The van der Waals surface area contributed by atoms with Crippen LogP contribution in [0.5, 0.6) is 5.75 Å². The minimum Gasteiger partial charge on any atom is -0.497 e. The highest BCUT2D eigenvalue weighted by atomic mass is 32.1. The monoisotopic (exact) mass is 443 g/mol. The third kappa shape index (κ3) is 4.13. The lowest BCUT2D eigenvalue weighted by Crippen LogP contribution is -2.28. The van der Waals surface area contributed by atoms with Gasteiger partial charge < -0.3 is 14.5 Å². The largest absolute Gasteiger partial charge is 0.497 e. The van der Waals surface area contributed by atoms with Gasteiger partial charge in [-0.3, -0.25) is 4.90 Å². The summed E-state index contributed by atoms with van der Waals surface area (Å²) in [4.78, 5) is 8.61. The molecule has 0 aliphatic carbocycles. The average Bonchev–Trinajstić information content (AvgIpc) is 3.36. The van der Waals surface area contributed by atoms with E-state index in [-0.39, 0.29) is 0 Å². The summed E-state index contributed by atoms with van der Waals surface area (Å²) in [5, 5.41) is 14.6. The molecular weight excluding hydrogens is 418 g/mol. The molecule has 0 atom stereocenters. The van der Waals surface area contributed by atoms with Gasteiger partial charge >= 0.3 is 0 Å². The van der Waals surface area contributed by atoms with Crippen molar-refractivity contribution >= 4 is 17.0 Å². The van der Waals surface area contributed by atoms with E-state index in [1.54, 1.807) is 18.4 Å². The highest BCUT2D eigenvalue weighted by Gasteiger charge is 2.19. The molecule has 1 fully saturated rings. The Hall–Kier alpha value is -3.18. The van der Waals surface area contributed by atoms with Crippen molar-refractivity contribution in [2.75, 3.05) is 33.3 Å². The van der Waals surface area contributed by atoms with Crippen LogP contribution >= 0.6 is 11.3 Å². The normalized spacial score (nSPS) is 14.9. The number of thiophene rings is 1. The van der Waals surface area contributed by atoms with Crippen LogP contribution in [-0.4, -0.2) is 47.6 Å². The van der Waals surface area contributed by atoms with Crippen molar-refractivity contribution in [2.45, 2.75) is 13.0 Å². The molecule has 1 aliphatic rings. The highest BCUT2D eigenvalue weighted by molar-refractivity contribution is 7.13. The first kappa shape index (κ1) is 20.7. The van der Waals surface area contributed by atoms with E-state index in [1.807, 2.05) is 23.6 Å². The summed E-state index contributed by atoms with van der Waals surface area (Å²) in [5.74, 6) is 0.839. The summed E-state index contributed by atoms with van der Waals surface area (Å²) in [7, 11) is 1.68. The van der Waals surface area contributed by atoms with E-state index in [2.05, 4.69) is 51.1 Å². The summed E-state index contributed by atoms with van der Waals surface area (Å²) >= 11 is 1.60. The van der Waals surface area contributed by atoms with Crippen LogP contribution in [0.2, 0.25) is 0 Å². The highest BCUT2D eigenvalue weighted by Crippen LogP contribution is 2.31. The standard InChI is InChI=1S/C25H25N5OS/c1-31-21-6-3-19(4-7-21)25-22(16-29-11-2-9-27-10-12-29)30-15-20(5-8-24(30)28-25)23-13-18(14-26)17-32-23/h3-8,13,15,17,27H,2,9-12,16H2,1H3. The Balaban J connectivity index is 1.61. The van der Waals surface area contributed by atoms with Crippen molar-refractivity contribution in [3.05, 3.63) is 65.3 Å². The molecule has 1 aromatic carbocycles. The fraction of sp³-hybridized carbons (Fsp3) is 0.280. The second-order valence-electron chi connectivity index (χ2n) is 7.97. The third-order valence-corrected chi connectivity index (χ3v) is 6.88. The van der Waals surface area contributed by atoms with Gasteiger partial charge in [-0.25, -0.2) is 4.98 Å². The minimum absolute atomic E-state index is 0.701. The van der Waals surface area contributed by atoms with Gasteiger partial charge in [0.05, 0.1) is 24.1 Å². The van der Waals surface area contributed by atoms with E-state index < -0.39 is 0 Å². The fourth-order valence-corrected chi connectivity index (χ4v) is 5.01. The molecule has 3 aromatic heterocycles. The number of fused-ring (bicyclic) bond motifs is 1. The molecule has 0 radical (unpaired) electrons. The number of methoxy groups -OCH3 is 1. The molecule has 0 spiro atoms. The molecular formula is C25H25N5OS. The number of nitrogens with one attached hydrogen (secondary N) is 1. The third-order valence-electron chi connectivity index (χ3n) is 5.90. The van der Waals surface area contributed by atoms with Gasteiger partial charge in [-0.1, -0.05) is 0 Å². The zero-order valence-electron chi connectivity index (χ0n) is 18.0. The van der Waals surface area contributed by atoms with Crippen molar-refractivity contribution in [3.63, 3.8) is 0 Å². The second-order valence-corrected chi connectivity index (χ2v) is 8.88. The van der Waals surface area contributed by atoms with Crippen LogP contribution in [0.1, 0.15) is 17.7 Å². The van der Waals surface area contributed by atoms with Gasteiger partial charge in [0.1, 0.15) is 17.5 Å². The first-order chi connectivity index (χ1) is 15.7. The topological polar surface area (TPSA) is 65.6 Å². The second kappa shape index (κ2) is 9.13. The Bertz CT molecular complexity index is 1260. The molecule has 32 heavy (non-hydrogen) atoms. The molecule has 1 saturated heterocycles. The maximum Gasteiger partial charge on any atom is 0.137 e. The lowest BCUT2D eigenvalue weighted by molar-refractivity contribution is 0.281. The van der Waals surface area contributed by atoms with Crippen molar-refractivity contribution in [3.8, 4) is 33.5 Å². The summed E-state index contributed by atoms with van der Waals surface area (Å²) < 4.78 is 7.56. The van der Waals surface area contributed by atoms with Crippen LogP contribution in [-0.2, 0) is 6.54 Å². The predicted octanol–water partition coefficient (Wildman–Crippen LogP) is 4.41. The van der Waals surface area contributed by atoms with Gasteiger partial charge in [0.25, 0.3) is 0 Å². The zero-order chi connectivity index (χ0) is 21.9. The number of benzene rings is 1. The maximum absolute atomic E-state index is 9.21. The molecule has 5 rings (SSSR count). The smallest absolute Gasteiger partial charge is 0.137 e. The first-order valence-corrected chi connectivity index (χ1v) is 11.7. The summed E-state index contributed by atoms with van der Waals surface area (Å²) in [5.41, 5.74) is 6.01. The van der Waals surface area contributed by atoms with E-state index in [1.165, 1.54) is 5.69 Å². The number of pyridine rings is 1. The van der Waals surface area contributed by atoms with E-state index in [0.29, 0.717) is 5.56 Å². The predicted molar refractivity (Wildman–Crippen MR) is 128 cm³/mol. The molecule has 0 amide bonds. The van der Waals surface area contributed by atoms with Crippen LogP contribution in [0.4, 0.5) is 0 Å². The Morgan fingerprint density at radius 2 is 1.97 bits per heavy atom. The van der Waals surface area contributed by atoms with Crippen LogP contribution < -0.4 is 10.1 Å². The number of nitrogens with zero attached hydrogens (tertiary/aromatic N) is 4. The number of imidazole rings is 1. The van der Waals surface area contributed by atoms with Gasteiger partial charge in [-0.2, -0.15) is 5.26 Å². The molecule has 4 heterocycles. The Kier molecular flexibility index (Phi) is 5.91. The number of nitriles is 1. The fourth-order valence-electron chi connectivity index (χ4n) is 4.19. The molecule has 7 heteroatoms. The van der Waals surface area contributed by atoms with Gasteiger partial charge in [0.15, 0.2) is 0 Å². The van der Waals surface area contributed by atoms with Crippen molar-refractivity contribution in [1.29, 1.82) is 5.26 Å². The number of rotatable bonds is 5. The molecule has 1 N–H and O–H groups in total. The van der Waals surface area contributed by atoms with Crippen LogP contribution in [0, 0.1) is 11.3 Å². The maximum atomic E-state index is 9.21. The van der Waals surface area contributed by atoms with Gasteiger partial charge in [0.2, 0.25) is 0 Å².